The van der Waals surface area contributed by atoms with Crippen LogP contribution in [-0.2, 0) is 9.84 Å². The summed E-state index contributed by atoms with van der Waals surface area (Å²) >= 11 is 0. The van der Waals surface area contributed by atoms with Gasteiger partial charge < -0.3 is 10.0 Å². The number of nitrogens with zero attached hydrogens (tertiary/aromatic N) is 1. The highest BCUT2D eigenvalue weighted by Crippen LogP contribution is 2.14. The van der Waals surface area contributed by atoms with Crippen molar-refractivity contribution in [1.29, 1.82) is 0 Å². The molecule has 118 valence electrons. The van der Waals surface area contributed by atoms with Crippen LogP contribution in [0.15, 0.2) is 29.2 Å². The Morgan fingerprint density at radius 1 is 1.14 bits per heavy atom. The Labute approximate surface area is 126 Å². The quantitative estimate of drug-likeness (QED) is 0.757. The second kappa shape index (κ2) is 8.14. The molecule has 21 heavy (non-hydrogen) atoms. The van der Waals surface area contributed by atoms with Crippen molar-refractivity contribution in [3.05, 3.63) is 29.8 Å². The summed E-state index contributed by atoms with van der Waals surface area (Å²) in [6, 6.07) is 5.53. The molecule has 0 aliphatic carbocycles. The van der Waals surface area contributed by atoms with Gasteiger partial charge in [-0.1, -0.05) is 19.9 Å². The monoisotopic (exact) mass is 313 g/mol. The molecule has 0 bridgehead atoms. The van der Waals surface area contributed by atoms with Crippen molar-refractivity contribution in [3.8, 4) is 0 Å². The van der Waals surface area contributed by atoms with E-state index < -0.39 is 15.8 Å². The van der Waals surface area contributed by atoms with Crippen LogP contribution in [0.2, 0.25) is 0 Å². The molecule has 0 aliphatic rings. The van der Waals surface area contributed by atoms with E-state index >= 15 is 0 Å². The van der Waals surface area contributed by atoms with Gasteiger partial charge in [-0.05, 0) is 44.1 Å². The summed E-state index contributed by atoms with van der Waals surface area (Å²) in [5, 5.41) is 8.93. The predicted octanol–water partition coefficient (Wildman–Crippen LogP) is 2.28. The number of hydrogen-bond acceptors (Lipinski definition) is 4. The fourth-order valence-electron chi connectivity index (χ4n) is 2.16. The van der Waals surface area contributed by atoms with E-state index in [1.807, 2.05) is 0 Å². The highest BCUT2D eigenvalue weighted by molar-refractivity contribution is 7.91. The minimum absolute atomic E-state index is 0.00459. The lowest BCUT2D eigenvalue weighted by molar-refractivity contribution is 0.0696. The first-order valence-electron chi connectivity index (χ1n) is 7.19. The van der Waals surface area contributed by atoms with Gasteiger partial charge in [0.2, 0.25) is 0 Å². The van der Waals surface area contributed by atoms with Crippen LogP contribution in [-0.4, -0.2) is 49.8 Å². The molecule has 0 unspecified atom stereocenters. The molecule has 0 amide bonds. The maximum Gasteiger partial charge on any atom is 0.335 e. The first-order chi connectivity index (χ1) is 9.90. The van der Waals surface area contributed by atoms with E-state index in [4.69, 9.17) is 5.11 Å². The van der Waals surface area contributed by atoms with Crippen LogP contribution in [0.1, 0.15) is 37.0 Å². The second-order valence-corrected chi connectivity index (χ2v) is 7.10. The third-order valence-corrected chi connectivity index (χ3v) is 4.89. The molecular weight excluding hydrogens is 290 g/mol. The molecule has 0 spiro atoms. The number of sulfone groups is 1. The zero-order chi connectivity index (χ0) is 15.9. The number of benzene rings is 1. The normalized spacial score (nSPS) is 11.8. The summed E-state index contributed by atoms with van der Waals surface area (Å²) in [6.07, 6.45) is 1.96. The lowest BCUT2D eigenvalue weighted by atomic mass is 10.2. The van der Waals surface area contributed by atoms with E-state index in [9.17, 15) is 13.2 Å². The maximum absolute atomic E-state index is 12.3. The maximum atomic E-state index is 12.3. The van der Waals surface area contributed by atoms with Gasteiger partial charge in [0.15, 0.2) is 9.84 Å². The topological polar surface area (TPSA) is 74.7 Å². The molecule has 1 N–H and O–H groups in total. The van der Waals surface area contributed by atoms with Crippen molar-refractivity contribution >= 4 is 15.8 Å². The standard InChI is InChI=1S/C15H23NO4S/c1-3-8-16(9-4-2)10-11-21(19,20)14-7-5-6-13(12-14)15(17)18/h5-7,12H,3-4,8-11H2,1-2H3,(H,17,18). The summed E-state index contributed by atoms with van der Waals surface area (Å²) in [7, 11) is -3.45. The van der Waals surface area contributed by atoms with Gasteiger partial charge in [0, 0.05) is 6.54 Å². The summed E-state index contributed by atoms with van der Waals surface area (Å²) in [5.41, 5.74) is -0.00459. The lowest BCUT2D eigenvalue weighted by Crippen LogP contribution is -2.31. The molecule has 5 nitrogen and oxygen atoms in total. The van der Waals surface area contributed by atoms with Gasteiger partial charge in [0.25, 0.3) is 0 Å². The fourth-order valence-corrected chi connectivity index (χ4v) is 3.48. The molecule has 0 aliphatic heterocycles. The minimum atomic E-state index is -3.45. The molecule has 1 aromatic carbocycles. The molecule has 0 saturated heterocycles. The largest absolute Gasteiger partial charge is 0.478 e. The van der Waals surface area contributed by atoms with Gasteiger partial charge in [0.1, 0.15) is 0 Å². The zero-order valence-corrected chi connectivity index (χ0v) is 13.4. The van der Waals surface area contributed by atoms with E-state index in [1.165, 1.54) is 24.3 Å². The van der Waals surface area contributed by atoms with Crippen LogP contribution in [0.3, 0.4) is 0 Å². The number of carboxylic acids is 1. The average molecular weight is 313 g/mol. The van der Waals surface area contributed by atoms with E-state index in [0.29, 0.717) is 6.54 Å². The highest BCUT2D eigenvalue weighted by Gasteiger charge is 2.17. The summed E-state index contributed by atoms with van der Waals surface area (Å²) in [4.78, 5) is 13.1. The Morgan fingerprint density at radius 2 is 1.76 bits per heavy atom. The van der Waals surface area contributed by atoms with Crippen LogP contribution < -0.4 is 0 Å². The Balaban J connectivity index is 2.81. The van der Waals surface area contributed by atoms with Crippen LogP contribution in [0, 0.1) is 0 Å². The van der Waals surface area contributed by atoms with Gasteiger partial charge in [-0.2, -0.15) is 0 Å². The Kier molecular flexibility index (Phi) is 6.84. The van der Waals surface area contributed by atoms with Crippen LogP contribution in [0.5, 0.6) is 0 Å². The molecule has 0 atom stereocenters. The molecule has 1 aromatic rings. The summed E-state index contributed by atoms with van der Waals surface area (Å²) in [6.45, 7) is 6.35. The van der Waals surface area contributed by atoms with Crippen LogP contribution in [0.25, 0.3) is 0 Å². The number of rotatable bonds is 9. The third kappa shape index (κ3) is 5.47. The number of carboxylic acid groups (broad SMARTS) is 1. The Hall–Kier alpha value is -1.40. The first kappa shape index (κ1) is 17.7. The zero-order valence-electron chi connectivity index (χ0n) is 12.6. The fraction of sp³-hybridized carbons (Fsp3) is 0.533. The summed E-state index contributed by atoms with van der Waals surface area (Å²) in [5.74, 6) is -1.11. The predicted molar refractivity (Wildman–Crippen MR) is 82.5 cm³/mol. The number of aromatic carboxylic acids is 1. The van der Waals surface area contributed by atoms with Crippen molar-refractivity contribution in [3.63, 3.8) is 0 Å². The molecule has 0 aromatic heterocycles. The van der Waals surface area contributed by atoms with Gasteiger partial charge in [-0.3, -0.25) is 0 Å². The van der Waals surface area contributed by atoms with Gasteiger partial charge in [-0.25, -0.2) is 13.2 Å². The molecule has 0 radical (unpaired) electrons. The molecule has 0 heterocycles. The highest BCUT2D eigenvalue weighted by atomic mass is 32.2. The molecule has 6 heteroatoms. The molecular formula is C15H23NO4S. The first-order valence-corrected chi connectivity index (χ1v) is 8.84. The number of hydrogen-bond donors (Lipinski definition) is 1. The Bertz CT molecular complexity index is 563. The van der Waals surface area contributed by atoms with E-state index in [1.54, 1.807) is 0 Å². The third-order valence-electron chi connectivity index (χ3n) is 3.20. The Morgan fingerprint density at radius 3 is 2.29 bits per heavy atom. The van der Waals surface area contributed by atoms with Crippen molar-refractivity contribution in [2.45, 2.75) is 31.6 Å². The van der Waals surface area contributed by atoms with Gasteiger partial charge in [0.05, 0.1) is 16.2 Å². The van der Waals surface area contributed by atoms with E-state index in [0.717, 1.165) is 25.9 Å². The summed E-state index contributed by atoms with van der Waals surface area (Å²) < 4.78 is 24.6. The molecule has 0 fully saturated rings. The smallest absolute Gasteiger partial charge is 0.335 e. The van der Waals surface area contributed by atoms with Crippen LogP contribution in [0.4, 0.5) is 0 Å². The van der Waals surface area contributed by atoms with E-state index in [2.05, 4.69) is 18.7 Å². The van der Waals surface area contributed by atoms with Crippen LogP contribution >= 0.6 is 0 Å². The average Bonchev–Trinajstić information content (AvgIpc) is 2.45. The lowest BCUT2D eigenvalue weighted by Gasteiger charge is -2.20. The molecule has 1 rings (SSSR count). The van der Waals surface area contributed by atoms with Crippen molar-refractivity contribution in [2.75, 3.05) is 25.4 Å². The van der Waals surface area contributed by atoms with E-state index in [-0.39, 0.29) is 16.2 Å². The van der Waals surface area contributed by atoms with Gasteiger partial charge >= 0.3 is 5.97 Å². The van der Waals surface area contributed by atoms with Crippen molar-refractivity contribution < 1.29 is 18.3 Å². The van der Waals surface area contributed by atoms with Crippen molar-refractivity contribution in [1.82, 2.24) is 4.90 Å². The number of carbonyl (C=O) groups is 1. The molecule has 0 saturated carbocycles. The SMILES string of the molecule is CCCN(CCC)CCS(=O)(=O)c1cccc(C(=O)O)c1. The van der Waals surface area contributed by atoms with Gasteiger partial charge in [-0.15, -0.1) is 0 Å². The second-order valence-electron chi connectivity index (χ2n) is 4.99. The van der Waals surface area contributed by atoms with Crippen molar-refractivity contribution in [2.24, 2.45) is 0 Å². The minimum Gasteiger partial charge on any atom is -0.478 e.